The quantitative estimate of drug-likeness (QED) is 0.499. The van der Waals surface area contributed by atoms with Gasteiger partial charge in [0.15, 0.2) is 17.5 Å². The Bertz CT molecular complexity index is 478. The summed E-state index contributed by atoms with van der Waals surface area (Å²) in [6.45, 7) is 0. The minimum absolute atomic E-state index is 0.00572. The van der Waals surface area contributed by atoms with Gasteiger partial charge in [0, 0.05) is 12.7 Å². The second kappa shape index (κ2) is 7.24. The van der Waals surface area contributed by atoms with Crippen molar-refractivity contribution >= 4 is 0 Å². The zero-order valence-electron chi connectivity index (χ0n) is 12.0. The van der Waals surface area contributed by atoms with E-state index in [1.807, 2.05) is 0 Å². The molecule has 0 amide bonds. The van der Waals surface area contributed by atoms with E-state index in [0.717, 1.165) is 31.7 Å². The maximum Gasteiger partial charge on any atom is 0.194 e. The van der Waals surface area contributed by atoms with Gasteiger partial charge in [-0.25, -0.2) is 13.2 Å². The summed E-state index contributed by atoms with van der Waals surface area (Å²) in [5, 5.41) is 0. The van der Waals surface area contributed by atoms with Crippen molar-refractivity contribution in [2.75, 3.05) is 7.11 Å². The third kappa shape index (κ3) is 3.39. The number of hydrazine groups is 1. The van der Waals surface area contributed by atoms with E-state index in [2.05, 4.69) is 5.43 Å². The van der Waals surface area contributed by atoms with Crippen LogP contribution in [0.25, 0.3) is 0 Å². The Balaban J connectivity index is 2.30. The van der Waals surface area contributed by atoms with E-state index in [4.69, 9.17) is 10.6 Å². The molecule has 1 aromatic carbocycles. The number of rotatable bonds is 5. The van der Waals surface area contributed by atoms with Gasteiger partial charge in [0.05, 0.1) is 12.1 Å². The monoisotopic (exact) mass is 302 g/mol. The second-order valence-corrected chi connectivity index (χ2v) is 5.51. The smallest absolute Gasteiger partial charge is 0.194 e. The third-order valence-corrected chi connectivity index (χ3v) is 4.29. The van der Waals surface area contributed by atoms with Crippen molar-refractivity contribution in [2.24, 2.45) is 11.8 Å². The van der Waals surface area contributed by atoms with Crippen LogP contribution in [-0.4, -0.2) is 13.2 Å². The maximum absolute atomic E-state index is 14.0. The largest absolute Gasteiger partial charge is 0.379 e. The molecule has 0 bridgehead atoms. The predicted molar refractivity (Wildman–Crippen MR) is 73.8 cm³/mol. The first-order valence-electron chi connectivity index (χ1n) is 7.22. The topological polar surface area (TPSA) is 47.3 Å². The van der Waals surface area contributed by atoms with Crippen LogP contribution in [0.1, 0.15) is 43.7 Å². The van der Waals surface area contributed by atoms with Gasteiger partial charge in [-0.2, -0.15) is 0 Å². The summed E-state index contributed by atoms with van der Waals surface area (Å²) in [5.41, 5.74) is 2.49. The normalized spacial score (nSPS) is 19.5. The Morgan fingerprint density at radius 1 is 1.14 bits per heavy atom. The van der Waals surface area contributed by atoms with Crippen LogP contribution >= 0.6 is 0 Å². The standard InChI is InChI=1S/C15H21F3N2O/c1-21-15(9-5-3-2-4-6-9)14(20-19)10-7-8-11(16)13(18)12(10)17/h7-9,14-15,20H,2-6,19H2,1H3. The highest BCUT2D eigenvalue weighted by atomic mass is 19.2. The van der Waals surface area contributed by atoms with Crippen molar-refractivity contribution in [2.45, 2.75) is 44.2 Å². The fourth-order valence-electron chi connectivity index (χ4n) is 3.21. The molecule has 1 aliphatic rings. The Morgan fingerprint density at radius 2 is 1.81 bits per heavy atom. The molecule has 0 spiro atoms. The van der Waals surface area contributed by atoms with Gasteiger partial charge in [0.2, 0.25) is 0 Å². The van der Waals surface area contributed by atoms with Crippen LogP contribution in [-0.2, 0) is 4.74 Å². The van der Waals surface area contributed by atoms with E-state index < -0.39 is 23.5 Å². The number of benzene rings is 1. The summed E-state index contributed by atoms with van der Waals surface area (Å²) in [7, 11) is 1.53. The summed E-state index contributed by atoms with van der Waals surface area (Å²) in [5.74, 6) is 1.85. The lowest BCUT2D eigenvalue weighted by Gasteiger charge is -2.34. The predicted octanol–water partition coefficient (Wildman–Crippen LogP) is 3.20. The summed E-state index contributed by atoms with van der Waals surface area (Å²) < 4.78 is 46.0. The molecular formula is C15H21F3N2O. The molecule has 1 fully saturated rings. The molecule has 0 heterocycles. The summed E-state index contributed by atoms with van der Waals surface area (Å²) in [4.78, 5) is 0. The van der Waals surface area contributed by atoms with Gasteiger partial charge < -0.3 is 4.74 Å². The average molecular weight is 302 g/mol. The maximum atomic E-state index is 14.0. The second-order valence-electron chi connectivity index (χ2n) is 5.51. The fourth-order valence-corrected chi connectivity index (χ4v) is 3.21. The summed E-state index contributed by atoms with van der Waals surface area (Å²) in [6, 6.07) is 1.41. The van der Waals surface area contributed by atoms with Crippen LogP contribution in [0, 0.1) is 23.4 Å². The van der Waals surface area contributed by atoms with Gasteiger partial charge in [-0.05, 0) is 24.8 Å². The Hall–Kier alpha value is -1.11. The van der Waals surface area contributed by atoms with Crippen LogP contribution < -0.4 is 11.3 Å². The number of nitrogens with one attached hydrogen (secondary N) is 1. The van der Waals surface area contributed by atoms with E-state index in [1.165, 1.54) is 19.6 Å². The van der Waals surface area contributed by atoms with Crippen molar-refractivity contribution in [3.63, 3.8) is 0 Å². The van der Waals surface area contributed by atoms with Crippen molar-refractivity contribution < 1.29 is 17.9 Å². The molecule has 2 rings (SSSR count). The Labute approximate surface area is 122 Å². The fraction of sp³-hybridized carbons (Fsp3) is 0.600. The van der Waals surface area contributed by atoms with Crippen LogP contribution in [0.3, 0.4) is 0 Å². The highest BCUT2D eigenvalue weighted by molar-refractivity contribution is 5.25. The van der Waals surface area contributed by atoms with Gasteiger partial charge in [-0.3, -0.25) is 11.3 Å². The molecule has 6 heteroatoms. The number of halogens is 3. The minimum Gasteiger partial charge on any atom is -0.379 e. The van der Waals surface area contributed by atoms with E-state index >= 15 is 0 Å². The molecule has 0 radical (unpaired) electrons. The number of hydrogen-bond donors (Lipinski definition) is 2. The summed E-state index contributed by atoms with van der Waals surface area (Å²) >= 11 is 0. The first-order chi connectivity index (χ1) is 10.1. The number of hydrogen-bond acceptors (Lipinski definition) is 3. The average Bonchev–Trinajstić information content (AvgIpc) is 2.52. The number of ether oxygens (including phenoxy) is 1. The molecule has 2 atom stereocenters. The molecular weight excluding hydrogens is 281 g/mol. The molecule has 0 aromatic heterocycles. The molecule has 3 N–H and O–H groups in total. The van der Waals surface area contributed by atoms with E-state index in [0.29, 0.717) is 0 Å². The summed E-state index contributed by atoms with van der Waals surface area (Å²) in [6.07, 6.45) is 4.89. The minimum atomic E-state index is -1.48. The third-order valence-electron chi connectivity index (χ3n) is 4.29. The molecule has 1 aliphatic carbocycles. The van der Waals surface area contributed by atoms with Crippen molar-refractivity contribution in [3.8, 4) is 0 Å². The van der Waals surface area contributed by atoms with Gasteiger partial charge in [0.25, 0.3) is 0 Å². The Kier molecular flexibility index (Phi) is 5.61. The van der Waals surface area contributed by atoms with E-state index in [1.54, 1.807) is 0 Å². The van der Waals surface area contributed by atoms with Crippen LogP contribution in [0.2, 0.25) is 0 Å². The zero-order chi connectivity index (χ0) is 15.4. The van der Waals surface area contributed by atoms with Gasteiger partial charge in [-0.15, -0.1) is 0 Å². The lowest BCUT2D eigenvalue weighted by molar-refractivity contribution is 0.00646. The molecule has 3 nitrogen and oxygen atoms in total. The molecule has 0 aliphatic heterocycles. The zero-order valence-corrected chi connectivity index (χ0v) is 12.0. The van der Waals surface area contributed by atoms with Gasteiger partial charge in [0.1, 0.15) is 0 Å². The van der Waals surface area contributed by atoms with Crippen molar-refractivity contribution in [1.82, 2.24) is 5.43 Å². The molecule has 118 valence electrons. The van der Waals surface area contributed by atoms with Crippen LogP contribution in [0.15, 0.2) is 12.1 Å². The molecule has 0 saturated heterocycles. The van der Waals surface area contributed by atoms with E-state index in [-0.39, 0.29) is 17.6 Å². The highest BCUT2D eigenvalue weighted by Crippen LogP contribution is 2.35. The first kappa shape index (κ1) is 16.3. The lowest BCUT2D eigenvalue weighted by atomic mass is 9.81. The first-order valence-corrected chi connectivity index (χ1v) is 7.22. The van der Waals surface area contributed by atoms with Gasteiger partial charge in [-0.1, -0.05) is 25.3 Å². The van der Waals surface area contributed by atoms with Crippen molar-refractivity contribution in [1.29, 1.82) is 0 Å². The molecule has 1 saturated carbocycles. The number of nitrogens with two attached hydrogens (primary N) is 1. The van der Waals surface area contributed by atoms with Crippen molar-refractivity contribution in [3.05, 3.63) is 35.1 Å². The van der Waals surface area contributed by atoms with Crippen LogP contribution in [0.4, 0.5) is 13.2 Å². The molecule has 2 unspecified atom stereocenters. The van der Waals surface area contributed by atoms with Gasteiger partial charge >= 0.3 is 0 Å². The Morgan fingerprint density at radius 3 is 2.38 bits per heavy atom. The molecule has 21 heavy (non-hydrogen) atoms. The lowest BCUT2D eigenvalue weighted by Crippen LogP contribution is -2.42. The van der Waals surface area contributed by atoms with E-state index in [9.17, 15) is 13.2 Å². The SMILES string of the molecule is COC(C1CCCCC1)C(NN)c1ccc(F)c(F)c1F. The number of methoxy groups -OCH3 is 1. The van der Waals surface area contributed by atoms with Crippen LogP contribution in [0.5, 0.6) is 0 Å². The highest BCUT2D eigenvalue weighted by Gasteiger charge is 2.33. The molecule has 1 aromatic rings.